The fourth-order valence-electron chi connectivity index (χ4n) is 8.15. The smallest absolute Gasteiger partial charge is 0.408 e. The number of ether oxygens (including phenoxy) is 3. The number of furan rings is 1. The van der Waals surface area contributed by atoms with Gasteiger partial charge in [0.05, 0.1) is 24.6 Å². The van der Waals surface area contributed by atoms with Gasteiger partial charge in [0.2, 0.25) is 21.8 Å². The molecule has 15 nitrogen and oxygen atoms in total. The van der Waals surface area contributed by atoms with E-state index in [-0.39, 0.29) is 19.4 Å². The van der Waals surface area contributed by atoms with Gasteiger partial charge in [-0.3, -0.25) is 19.1 Å². The zero-order chi connectivity index (χ0) is 42.4. The standard InChI is InChI=1S/C44H51N5O10S/c1-43(2,3)59-42(53)46-32-17-9-7-5-6-8-14-27-24-44(27,41(52)48-60(54,55)30-19-20-30)47-39(50)34-22-29(25-49(34)40(32)51)57-36-23-33(26-13-12-15-28(21-26)56-4)45-37-31-16-10-11-18-35(31)58-38(36)37/h8,10-16,18,21,23,27,29-30,32,34H,5-7,9,17,19-20,22,24-25H2,1-4H3,(H,46,53)(H,47,50)(H,48,52)/b14-8-/t27-,29+,32-,34-,44+/m0/s1. The molecule has 3 fully saturated rings. The molecule has 16 heteroatoms. The summed E-state index contributed by atoms with van der Waals surface area (Å²) in [6, 6.07) is 14.5. The summed E-state index contributed by atoms with van der Waals surface area (Å²) in [5, 5.41) is 5.79. The summed E-state index contributed by atoms with van der Waals surface area (Å²) in [6.45, 7) is 5.13. The van der Waals surface area contributed by atoms with Crippen molar-refractivity contribution in [1.29, 1.82) is 0 Å². The third-order valence-corrected chi connectivity index (χ3v) is 13.3. The Bertz CT molecular complexity index is 2470. The van der Waals surface area contributed by atoms with Crippen LogP contribution in [-0.2, 0) is 29.1 Å². The molecule has 0 unspecified atom stereocenters. The maximum absolute atomic E-state index is 14.7. The molecule has 2 aromatic heterocycles. The van der Waals surface area contributed by atoms with E-state index >= 15 is 0 Å². The number of fused-ring (bicyclic) bond motifs is 5. The van der Waals surface area contributed by atoms with Gasteiger partial charge in [0.15, 0.2) is 11.3 Å². The second-order valence-corrected chi connectivity index (χ2v) is 19.2. The second-order valence-electron chi connectivity index (χ2n) is 17.2. The van der Waals surface area contributed by atoms with Crippen LogP contribution in [0, 0.1) is 5.92 Å². The number of alkyl carbamates (subject to hydrolysis) is 1. The molecule has 2 aliphatic carbocycles. The number of hydrogen-bond donors (Lipinski definition) is 3. The topological polar surface area (TPSA) is 195 Å². The molecule has 2 aromatic carbocycles. The summed E-state index contributed by atoms with van der Waals surface area (Å²) in [5.41, 5.74) is 0.517. The van der Waals surface area contributed by atoms with Gasteiger partial charge in [0.25, 0.3) is 5.91 Å². The lowest BCUT2D eigenvalue weighted by Gasteiger charge is -2.30. The van der Waals surface area contributed by atoms with E-state index < -0.39 is 74.3 Å². The van der Waals surface area contributed by atoms with E-state index in [1.807, 2.05) is 60.7 Å². The van der Waals surface area contributed by atoms with Gasteiger partial charge in [-0.25, -0.2) is 18.2 Å². The summed E-state index contributed by atoms with van der Waals surface area (Å²) >= 11 is 0. The van der Waals surface area contributed by atoms with E-state index in [2.05, 4.69) is 15.4 Å². The number of hydrogen-bond acceptors (Lipinski definition) is 11. The number of carbonyl (C=O) groups is 4. The molecular formula is C44H51N5O10S. The summed E-state index contributed by atoms with van der Waals surface area (Å²) in [6.07, 6.45) is 6.50. The lowest BCUT2D eigenvalue weighted by Crippen LogP contribution is -2.58. The van der Waals surface area contributed by atoms with Gasteiger partial charge in [0, 0.05) is 29.4 Å². The molecular weight excluding hydrogens is 791 g/mol. The molecule has 5 atom stereocenters. The van der Waals surface area contributed by atoms with Crippen LogP contribution in [0.2, 0.25) is 0 Å². The molecule has 2 aliphatic heterocycles. The molecule has 2 saturated carbocycles. The van der Waals surface area contributed by atoms with Gasteiger partial charge in [0.1, 0.15) is 46.2 Å². The number of carbonyl (C=O) groups excluding carboxylic acids is 4. The second kappa shape index (κ2) is 16.1. The Morgan fingerprint density at radius 2 is 1.82 bits per heavy atom. The van der Waals surface area contributed by atoms with Crippen molar-refractivity contribution in [2.75, 3.05) is 13.7 Å². The summed E-state index contributed by atoms with van der Waals surface area (Å²) in [7, 11) is -2.34. The van der Waals surface area contributed by atoms with Crippen molar-refractivity contribution in [2.24, 2.45) is 5.92 Å². The van der Waals surface area contributed by atoms with Crippen LogP contribution in [0.4, 0.5) is 4.79 Å². The third-order valence-electron chi connectivity index (χ3n) is 11.5. The van der Waals surface area contributed by atoms with Crippen LogP contribution in [0.3, 0.4) is 0 Å². The van der Waals surface area contributed by atoms with Gasteiger partial charge in [-0.1, -0.05) is 49.3 Å². The van der Waals surface area contributed by atoms with Gasteiger partial charge in [-0.2, -0.15) is 0 Å². The van der Waals surface area contributed by atoms with Crippen molar-refractivity contribution in [3.8, 4) is 22.8 Å². The molecule has 3 N–H and O–H groups in total. The van der Waals surface area contributed by atoms with E-state index in [1.54, 1.807) is 33.9 Å². The number of pyridine rings is 1. The Hall–Kier alpha value is -5.64. The van der Waals surface area contributed by atoms with E-state index in [1.165, 1.54) is 4.90 Å². The predicted octanol–water partition coefficient (Wildman–Crippen LogP) is 5.90. The molecule has 1 saturated heterocycles. The molecule has 0 radical (unpaired) electrons. The first-order valence-electron chi connectivity index (χ1n) is 20.6. The number of sulfonamides is 1. The minimum Gasteiger partial charge on any atom is -0.497 e. The van der Waals surface area contributed by atoms with Gasteiger partial charge >= 0.3 is 6.09 Å². The number of allylic oxidation sites excluding steroid dienone is 1. The van der Waals surface area contributed by atoms with Crippen molar-refractivity contribution in [2.45, 2.75) is 113 Å². The zero-order valence-corrected chi connectivity index (χ0v) is 35.0. The molecule has 318 valence electrons. The average molecular weight is 842 g/mol. The predicted molar refractivity (Wildman–Crippen MR) is 222 cm³/mol. The highest BCUT2D eigenvalue weighted by Crippen LogP contribution is 2.46. The minimum atomic E-state index is -3.92. The maximum Gasteiger partial charge on any atom is 0.408 e. The fraction of sp³-hybridized carbons (Fsp3) is 0.477. The van der Waals surface area contributed by atoms with Gasteiger partial charge in [-0.05, 0) is 83.6 Å². The number of rotatable bonds is 8. The molecule has 4 aliphatic rings. The summed E-state index contributed by atoms with van der Waals surface area (Å²) in [5.74, 6) is -1.43. The van der Waals surface area contributed by atoms with E-state index in [9.17, 15) is 27.6 Å². The van der Waals surface area contributed by atoms with Crippen LogP contribution in [0.1, 0.15) is 78.6 Å². The number of nitrogens with one attached hydrogen (secondary N) is 3. The number of amides is 4. The molecule has 8 rings (SSSR count). The number of benzene rings is 2. The van der Waals surface area contributed by atoms with Crippen LogP contribution in [0.25, 0.3) is 33.3 Å². The van der Waals surface area contributed by atoms with Gasteiger partial charge in [-0.15, -0.1) is 0 Å². The van der Waals surface area contributed by atoms with Crippen molar-refractivity contribution < 1.29 is 46.2 Å². The molecule has 4 aromatic rings. The number of para-hydroxylation sites is 1. The Labute approximate surface area is 348 Å². The number of nitrogens with zero attached hydrogens (tertiary/aromatic N) is 2. The first kappa shape index (κ1) is 41.1. The Morgan fingerprint density at radius 1 is 1.02 bits per heavy atom. The lowest BCUT2D eigenvalue weighted by atomic mass is 10.0. The Kier molecular flexibility index (Phi) is 11.0. The number of methoxy groups -OCH3 is 1. The van der Waals surface area contributed by atoms with E-state index in [4.69, 9.17) is 23.6 Å². The monoisotopic (exact) mass is 841 g/mol. The average Bonchev–Trinajstić information content (AvgIpc) is 4.10. The molecule has 0 bridgehead atoms. The normalized spacial score (nSPS) is 25.6. The highest BCUT2D eigenvalue weighted by atomic mass is 32.2. The molecule has 60 heavy (non-hydrogen) atoms. The van der Waals surface area contributed by atoms with Crippen LogP contribution in [0.5, 0.6) is 11.5 Å². The molecule has 4 heterocycles. The largest absolute Gasteiger partial charge is 0.497 e. The third kappa shape index (κ3) is 8.65. The zero-order valence-electron chi connectivity index (χ0n) is 34.2. The Morgan fingerprint density at radius 3 is 2.58 bits per heavy atom. The first-order chi connectivity index (χ1) is 28.6. The fourth-order valence-corrected chi connectivity index (χ4v) is 9.51. The lowest BCUT2D eigenvalue weighted by molar-refractivity contribution is -0.141. The number of aromatic nitrogens is 1. The maximum atomic E-state index is 14.7. The molecule has 4 amide bonds. The quantitative estimate of drug-likeness (QED) is 0.179. The van der Waals surface area contributed by atoms with E-state index in [0.717, 1.165) is 23.8 Å². The highest BCUT2D eigenvalue weighted by Gasteiger charge is 2.62. The van der Waals surface area contributed by atoms with Crippen LogP contribution in [-0.4, -0.2) is 90.3 Å². The van der Waals surface area contributed by atoms with Gasteiger partial charge < -0.3 is 34.2 Å². The van der Waals surface area contributed by atoms with Crippen molar-refractivity contribution in [1.82, 2.24) is 25.2 Å². The van der Waals surface area contributed by atoms with Crippen LogP contribution in [0.15, 0.2) is 71.2 Å². The van der Waals surface area contributed by atoms with Crippen molar-refractivity contribution >= 4 is 55.9 Å². The van der Waals surface area contributed by atoms with Crippen LogP contribution >= 0.6 is 0 Å². The first-order valence-corrected chi connectivity index (χ1v) is 22.2. The Balaban J connectivity index is 1.15. The van der Waals surface area contributed by atoms with E-state index in [0.29, 0.717) is 66.0 Å². The summed E-state index contributed by atoms with van der Waals surface area (Å²) < 4.78 is 52.2. The summed E-state index contributed by atoms with van der Waals surface area (Å²) in [4.78, 5) is 62.7. The molecule has 0 spiro atoms. The SMILES string of the molecule is COc1cccc(-c2cc(O[C@@H]3C[C@H]4C(=O)N[C@]5(C(=O)NS(=O)(=O)C6CC6)C[C@@H]5/C=C\CCCCC[C@H](NC(=O)OC(C)(C)C)C(=O)N4C3)c3oc4ccccc4c3n2)c1. The van der Waals surface area contributed by atoms with Crippen molar-refractivity contribution in [3.05, 3.63) is 66.7 Å². The van der Waals surface area contributed by atoms with Crippen molar-refractivity contribution in [3.63, 3.8) is 0 Å². The van der Waals surface area contributed by atoms with Crippen LogP contribution < -0.4 is 24.8 Å². The minimum absolute atomic E-state index is 0.00778. The highest BCUT2D eigenvalue weighted by molar-refractivity contribution is 7.91.